The predicted octanol–water partition coefficient (Wildman–Crippen LogP) is 6.44. The van der Waals surface area contributed by atoms with E-state index < -0.39 is 0 Å². The molecule has 0 saturated heterocycles. The lowest BCUT2D eigenvalue weighted by atomic mass is 10.1. The molecule has 26 heavy (non-hydrogen) atoms. The van der Waals surface area contributed by atoms with E-state index >= 15 is 0 Å². The van der Waals surface area contributed by atoms with Crippen molar-refractivity contribution in [3.8, 4) is 0 Å². The molecule has 4 heteroatoms. The summed E-state index contributed by atoms with van der Waals surface area (Å²) in [5.41, 5.74) is 5.69. The van der Waals surface area contributed by atoms with Gasteiger partial charge in [0.15, 0.2) is 0 Å². The number of halogens is 1. The second-order valence-electron chi connectivity index (χ2n) is 6.19. The number of rotatable bonds is 2. The zero-order valence-electron chi connectivity index (χ0n) is 13.8. The summed E-state index contributed by atoms with van der Waals surface area (Å²) in [6.45, 7) is 0. The van der Waals surface area contributed by atoms with Crippen LogP contribution in [-0.2, 0) is 0 Å². The van der Waals surface area contributed by atoms with Crippen molar-refractivity contribution < 1.29 is 0 Å². The Kier molecular flexibility index (Phi) is 3.57. The average molecular weight is 400 g/mol. The van der Waals surface area contributed by atoms with E-state index in [1.54, 1.807) is 0 Å². The molecule has 0 bridgehead atoms. The van der Waals surface area contributed by atoms with Gasteiger partial charge in [0, 0.05) is 26.6 Å². The first-order chi connectivity index (χ1) is 12.8. The van der Waals surface area contributed by atoms with E-state index in [2.05, 4.69) is 57.6 Å². The lowest BCUT2D eigenvalue weighted by Crippen LogP contribution is -1.95. The van der Waals surface area contributed by atoms with Gasteiger partial charge in [-0.15, -0.1) is 0 Å². The molecule has 0 radical (unpaired) electrons. The molecule has 5 aromatic rings. The van der Waals surface area contributed by atoms with Crippen LogP contribution in [0, 0.1) is 0 Å². The van der Waals surface area contributed by atoms with E-state index in [0.29, 0.717) is 0 Å². The topological polar surface area (TPSA) is 37.8 Å². The second kappa shape index (κ2) is 6.07. The Bertz CT molecular complexity index is 1280. The maximum Gasteiger partial charge on any atom is 0.0974 e. The number of para-hydroxylation sites is 2. The predicted molar refractivity (Wildman–Crippen MR) is 112 cm³/mol. The van der Waals surface area contributed by atoms with Crippen LogP contribution in [0.5, 0.6) is 0 Å². The average Bonchev–Trinajstić information content (AvgIpc) is 2.67. The van der Waals surface area contributed by atoms with Crippen molar-refractivity contribution in [2.24, 2.45) is 0 Å². The number of fused-ring (bicyclic) bond motifs is 4. The summed E-state index contributed by atoms with van der Waals surface area (Å²) in [6.07, 6.45) is 0. The molecular formula is C22H14BrN3. The Morgan fingerprint density at radius 1 is 0.654 bits per heavy atom. The van der Waals surface area contributed by atoms with Crippen molar-refractivity contribution in [1.82, 2.24) is 9.97 Å². The van der Waals surface area contributed by atoms with Crippen LogP contribution in [0.25, 0.3) is 32.8 Å². The highest BCUT2D eigenvalue weighted by Gasteiger charge is 2.10. The third kappa shape index (κ3) is 2.59. The Labute approximate surface area is 158 Å². The molecule has 124 valence electrons. The molecule has 0 aliphatic carbocycles. The molecule has 1 N–H and O–H groups in total. The van der Waals surface area contributed by atoms with Crippen LogP contribution in [0.15, 0.2) is 83.3 Å². The normalized spacial score (nSPS) is 11.3. The Morgan fingerprint density at radius 3 is 2.19 bits per heavy atom. The quantitative estimate of drug-likeness (QED) is 0.274. The van der Waals surface area contributed by atoms with E-state index in [-0.39, 0.29) is 0 Å². The summed E-state index contributed by atoms with van der Waals surface area (Å²) in [7, 11) is 0. The molecule has 0 atom stereocenters. The van der Waals surface area contributed by atoms with Crippen molar-refractivity contribution in [2.45, 2.75) is 0 Å². The van der Waals surface area contributed by atoms with Crippen molar-refractivity contribution in [3.05, 3.63) is 83.3 Å². The molecule has 1 heterocycles. The van der Waals surface area contributed by atoms with Crippen molar-refractivity contribution in [3.63, 3.8) is 0 Å². The van der Waals surface area contributed by atoms with Gasteiger partial charge in [-0.3, -0.25) is 0 Å². The van der Waals surface area contributed by atoms with Crippen molar-refractivity contribution in [2.75, 3.05) is 5.32 Å². The number of benzene rings is 4. The van der Waals surface area contributed by atoms with Gasteiger partial charge in [-0.25, -0.2) is 9.97 Å². The van der Waals surface area contributed by atoms with Crippen LogP contribution in [0.3, 0.4) is 0 Å². The van der Waals surface area contributed by atoms with Crippen LogP contribution < -0.4 is 5.32 Å². The highest BCUT2D eigenvalue weighted by atomic mass is 79.9. The van der Waals surface area contributed by atoms with E-state index in [9.17, 15) is 0 Å². The van der Waals surface area contributed by atoms with E-state index in [1.165, 1.54) is 0 Å². The molecule has 0 fully saturated rings. The van der Waals surface area contributed by atoms with Gasteiger partial charge in [-0.2, -0.15) is 0 Å². The molecule has 3 nitrogen and oxygen atoms in total. The first-order valence-corrected chi connectivity index (χ1v) is 9.18. The third-order valence-electron chi connectivity index (χ3n) is 4.45. The molecule has 0 saturated carbocycles. The largest absolute Gasteiger partial charge is 0.355 e. The Hall–Kier alpha value is -2.98. The fraction of sp³-hybridized carbons (Fsp3) is 0. The Morgan fingerprint density at radius 2 is 1.38 bits per heavy atom. The highest BCUT2D eigenvalue weighted by molar-refractivity contribution is 9.10. The summed E-state index contributed by atoms with van der Waals surface area (Å²) in [4.78, 5) is 9.71. The molecule has 0 amide bonds. The first-order valence-electron chi connectivity index (χ1n) is 8.39. The smallest absolute Gasteiger partial charge is 0.0974 e. The van der Waals surface area contributed by atoms with Gasteiger partial charge in [-0.05, 0) is 36.4 Å². The number of nitrogens with one attached hydrogen (secondary N) is 1. The SMILES string of the molecule is Brc1cccc(Nc2cc3nc4ccccc4nc3c3ccccc23)c1. The summed E-state index contributed by atoms with van der Waals surface area (Å²) in [5.74, 6) is 0. The maximum absolute atomic E-state index is 4.87. The molecule has 0 aliphatic rings. The fourth-order valence-electron chi connectivity index (χ4n) is 3.28. The Balaban J connectivity index is 1.80. The first kappa shape index (κ1) is 15.3. The van der Waals surface area contributed by atoms with Gasteiger partial charge < -0.3 is 5.32 Å². The minimum Gasteiger partial charge on any atom is -0.355 e. The van der Waals surface area contributed by atoms with Gasteiger partial charge in [-0.1, -0.05) is 58.4 Å². The highest BCUT2D eigenvalue weighted by Crippen LogP contribution is 2.33. The molecule has 0 spiro atoms. The number of anilines is 2. The molecule has 0 unspecified atom stereocenters. The second-order valence-corrected chi connectivity index (χ2v) is 7.10. The van der Waals surface area contributed by atoms with Crippen LogP contribution in [-0.4, -0.2) is 9.97 Å². The number of hydrogen-bond acceptors (Lipinski definition) is 3. The van der Waals surface area contributed by atoms with Gasteiger partial charge in [0.2, 0.25) is 0 Å². The summed E-state index contributed by atoms with van der Waals surface area (Å²) < 4.78 is 1.04. The zero-order valence-corrected chi connectivity index (χ0v) is 15.4. The van der Waals surface area contributed by atoms with E-state index in [1.807, 2.05) is 42.5 Å². The van der Waals surface area contributed by atoms with E-state index in [0.717, 1.165) is 48.7 Å². The van der Waals surface area contributed by atoms with Crippen molar-refractivity contribution >= 4 is 60.1 Å². The lowest BCUT2D eigenvalue weighted by molar-refractivity contribution is 1.40. The van der Waals surface area contributed by atoms with Gasteiger partial charge >= 0.3 is 0 Å². The summed E-state index contributed by atoms with van der Waals surface area (Å²) >= 11 is 3.53. The van der Waals surface area contributed by atoms with Gasteiger partial charge in [0.25, 0.3) is 0 Å². The summed E-state index contributed by atoms with van der Waals surface area (Å²) in [5, 5.41) is 5.76. The molecule has 5 rings (SSSR count). The number of hydrogen-bond donors (Lipinski definition) is 1. The van der Waals surface area contributed by atoms with Crippen molar-refractivity contribution in [1.29, 1.82) is 0 Å². The zero-order chi connectivity index (χ0) is 17.5. The molecular weight excluding hydrogens is 386 g/mol. The van der Waals surface area contributed by atoms with Crippen LogP contribution in [0.2, 0.25) is 0 Å². The standard InChI is InChI=1S/C22H14BrN3/c23-14-6-5-7-15(12-14)24-20-13-21-22(17-9-2-1-8-16(17)20)26-19-11-4-3-10-18(19)25-21/h1-13,24H. The molecule has 1 aromatic heterocycles. The third-order valence-corrected chi connectivity index (χ3v) is 4.95. The van der Waals surface area contributed by atoms with Crippen LogP contribution in [0.1, 0.15) is 0 Å². The monoisotopic (exact) mass is 399 g/mol. The maximum atomic E-state index is 4.87. The minimum atomic E-state index is 0.889. The molecule has 4 aromatic carbocycles. The summed E-state index contributed by atoms with van der Waals surface area (Å²) in [6, 6.07) is 26.5. The lowest BCUT2D eigenvalue weighted by Gasteiger charge is -2.13. The van der Waals surface area contributed by atoms with Crippen LogP contribution in [0.4, 0.5) is 11.4 Å². The number of nitrogens with zero attached hydrogens (tertiary/aromatic N) is 2. The van der Waals surface area contributed by atoms with Crippen LogP contribution >= 0.6 is 15.9 Å². The molecule has 0 aliphatic heterocycles. The number of aromatic nitrogens is 2. The van der Waals surface area contributed by atoms with E-state index in [4.69, 9.17) is 9.97 Å². The van der Waals surface area contributed by atoms with Gasteiger partial charge in [0.1, 0.15) is 0 Å². The minimum absolute atomic E-state index is 0.889. The fourth-order valence-corrected chi connectivity index (χ4v) is 3.68. The van der Waals surface area contributed by atoms with Gasteiger partial charge in [0.05, 0.1) is 22.1 Å².